The van der Waals surface area contributed by atoms with Gasteiger partial charge >= 0.3 is 5.69 Å². The topological polar surface area (TPSA) is 118 Å². The molecule has 2 aromatic heterocycles. The highest BCUT2D eigenvalue weighted by Gasteiger charge is 2.24. The van der Waals surface area contributed by atoms with Crippen LogP contribution in [0.1, 0.15) is 20.8 Å². The number of pyridine rings is 1. The minimum atomic E-state index is -0.544. The smallest absolute Gasteiger partial charge is 0.319 e. The number of nitro groups is 1. The zero-order valence-corrected chi connectivity index (χ0v) is 12.5. The molecule has 0 atom stereocenters. The number of rotatable bonds is 5. The van der Waals surface area contributed by atoms with E-state index in [-0.39, 0.29) is 22.9 Å². The van der Waals surface area contributed by atoms with Crippen molar-refractivity contribution in [2.75, 3.05) is 10.7 Å². The summed E-state index contributed by atoms with van der Waals surface area (Å²) in [6.07, 6.45) is 2.82. The quantitative estimate of drug-likeness (QED) is 0.568. The maximum absolute atomic E-state index is 11.4. The van der Waals surface area contributed by atoms with E-state index >= 15 is 0 Å². The first-order valence-corrected chi connectivity index (χ1v) is 6.57. The molecule has 0 bridgehead atoms. The number of hydrogen-bond acceptors (Lipinski definition) is 8. The molecule has 0 spiro atoms. The minimum Gasteiger partial charge on any atom is -0.319 e. The van der Waals surface area contributed by atoms with Gasteiger partial charge in [-0.25, -0.2) is 20.4 Å². The molecule has 0 fully saturated rings. The van der Waals surface area contributed by atoms with E-state index in [1.807, 2.05) is 20.8 Å². The Hall–Kier alpha value is -2.81. The summed E-state index contributed by atoms with van der Waals surface area (Å²) in [5.41, 5.74) is 5.15. The molecular formula is C13H17N7O2. The Kier molecular flexibility index (Phi) is 4.47. The Morgan fingerprint density at radius 3 is 2.45 bits per heavy atom. The Balaban J connectivity index is 2.32. The fraction of sp³-hybridized carbons (Fsp3) is 0.308. The van der Waals surface area contributed by atoms with Crippen molar-refractivity contribution in [2.24, 2.45) is 0 Å². The van der Waals surface area contributed by atoms with E-state index in [0.717, 1.165) is 0 Å². The molecule has 2 aromatic rings. The lowest BCUT2D eigenvalue weighted by atomic mass is 10.1. The van der Waals surface area contributed by atoms with Gasteiger partial charge in [0.1, 0.15) is 12.1 Å². The Morgan fingerprint density at radius 2 is 1.86 bits per heavy atom. The predicted octanol–water partition coefficient (Wildman–Crippen LogP) is 2.24. The normalized spacial score (nSPS) is 11.0. The Labute approximate surface area is 127 Å². The molecular weight excluding hydrogens is 286 g/mol. The second kappa shape index (κ2) is 6.31. The van der Waals surface area contributed by atoms with Crippen LogP contribution in [-0.4, -0.2) is 25.4 Å². The lowest BCUT2D eigenvalue weighted by Gasteiger charge is -2.21. The molecule has 22 heavy (non-hydrogen) atoms. The molecule has 116 valence electrons. The van der Waals surface area contributed by atoms with Crippen LogP contribution in [0.3, 0.4) is 0 Å². The number of anilines is 3. The number of aromatic nitrogens is 3. The van der Waals surface area contributed by atoms with Gasteiger partial charge in [0.15, 0.2) is 0 Å². The van der Waals surface area contributed by atoms with Crippen LogP contribution in [0.4, 0.5) is 23.1 Å². The van der Waals surface area contributed by atoms with Crippen LogP contribution in [0.5, 0.6) is 0 Å². The summed E-state index contributed by atoms with van der Waals surface area (Å²) >= 11 is 0. The molecule has 0 aliphatic rings. The van der Waals surface area contributed by atoms with Crippen LogP contribution in [-0.2, 0) is 0 Å². The SMILES string of the molecule is CC(C)(C)NNc1ncnc(Nc2ccccn2)c1[N+](=O)[O-]. The van der Waals surface area contributed by atoms with E-state index in [2.05, 4.69) is 31.1 Å². The number of nitrogens with zero attached hydrogens (tertiary/aromatic N) is 4. The summed E-state index contributed by atoms with van der Waals surface area (Å²) in [7, 11) is 0. The van der Waals surface area contributed by atoms with Crippen molar-refractivity contribution in [3.05, 3.63) is 40.8 Å². The van der Waals surface area contributed by atoms with Gasteiger partial charge in [-0.15, -0.1) is 0 Å². The van der Waals surface area contributed by atoms with Gasteiger partial charge in [-0.05, 0) is 32.9 Å². The van der Waals surface area contributed by atoms with Crippen LogP contribution >= 0.6 is 0 Å². The first-order chi connectivity index (χ1) is 10.4. The third-order valence-corrected chi connectivity index (χ3v) is 2.47. The van der Waals surface area contributed by atoms with Gasteiger partial charge in [0.25, 0.3) is 0 Å². The summed E-state index contributed by atoms with van der Waals surface area (Å²) < 4.78 is 0. The molecule has 3 N–H and O–H groups in total. The Morgan fingerprint density at radius 1 is 1.14 bits per heavy atom. The summed E-state index contributed by atoms with van der Waals surface area (Å²) in [4.78, 5) is 22.7. The molecule has 0 aliphatic heterocycles. The number of hydrogen-bond donors (Lipinski definition) is 3. The number of nitrogens with one attached hydrogen (secondary N) is 3. The molecule has 0 saturated carbocycles. The van der Waals surface area contributed by atoms with Crippen molar-refractivity contribution in [1.29, 1.82) is 0 Å². The summed E-state index contributed by atoms with van der Waals surface area (Å²) in [6.45, 7) is 5.75. The monoisotopic (exact) mass is 303 g/mol. The maximum Gasteiger partial charge on any atom is 0.354 e. The first-order valence-electron chi connectivity index (χ1n) is 6.57. The van der Waals surface area contributed by atoms with E-state index in [1.165, 1.54) is 6.33 Å². The predicted molar refractivity (Wildman–Crippen MR) is 82.7 cm³/mol. The van der Waals surface area contributed by atoms with Gasteiger partial charge in [-0.3, -0.25) is 15.5 Å². The van der Waals surface area contributed by atoms with Crippen molar-refractivity contribution in [3.8, 4) is 0 Å². The average molecular weight is 303 g/mol. The molecule has 9 nitrogen and oxygen atoms in total. The molecule has 0 unspecified atom stereocenters. The van der Waals surface area contributed by atoms with Crippen molar-refractivity contribution < 1.29 is 4.92 Å². The third kappa shape index (κ3) is 4.09. The van der Waals surface area contributed by atoms with Gasteiger partial charge in [0, 0.05) is 11.7 Å². The van der Waals surface area contributed by atoms with E-state index in [9.17, 15) is 10.1 Å². The highest BCUT2D eigenvalue weighted by molar-refractivity contribution is 5.72. The fourth-order valence-corrected chi connectivity index (χ4v) is 1.54. The van der Waals surface area contributed by atoms with Crippen molar-refractivity contribution in [1.82, 2.24) is 20.4 Å². The van der Waals surface area contributed by atoms with E-state index in [1.54, 1.807) is 24.4 Å². The van der Waals surface area contributed by atoms with Crippen LogP contribution in [0.15, 0.2) is 30.7 Å². The lowest BCUT2D eigenvalue weighted by molar-refractivity contribution is -0.383. The Bertz CT molecular complexity index is 655. The zero-order valence-electron chi connectivity index (χ0n) is 12.5. The summed E-state index contributed by atoms with van der Waals surface area (Å²) in [5, 5.41) is 14.2. The van der Waals surface area contributed by atoms with E-state index in [0.29, 0.717) is 5.82 Å². The van der Waals surface area contributed by atoms with E-state index in [4.69, 9.17) is 0 Å². The van der Waals surface area contributed by atoms with Crippen LogP contribution in [0, 0.1) is 10.1 Å². The lowest BCUT2D eigenvalue weighted by Crippen LogP contribution is -2.40. The van der Waals surface area contributed by atoms with Gasteiger partial charge < -0.3 is 5.32 Å². The fourth-order valence-electron chi connectivity index (χ4n) is 1.54. The second-order valence-corrected chi connectivity index (χ2v) is 5.52. The molecule has 9 heteroatoms. The second-order valence-electron chi connectivity index (χ2n) is 5.52. The van der Waals surface area contributed by atoms with Gasteiger partial charge in [-0.1, -0.05) is 6.07 Å². The van der Waals surface area contributed by atoms with Crippen LogP contribution in [0.25, 0.3) is 0 Å². The van der Waals surface area contributed by atoms with Gasteiger partial charge in [0.2, 0.25) is 11.6 Å². The summed E-state index contributed by atoms with van der Waals surface area (Å²) in [6, 6.07) is 5.20. The van der Waals surface area contributed by atoms with Crippen LogP contribution < -0.4 is 16.2 Å². The van der Waals surface area contributed by atoms with Gasteiger partial charge in [0.05, 0.1) is 4.92 Å². The first kappa shape index (κ1) is 15.6. The highest BCUT2D eigenvalue weighted by atomic mass is 16.6. The zero-order chi connectivity index (χ0) is 16.2. The number of hydrazine groups is 1. The minimum absolute atomic E-state index is 0.0666. The summed E-state index contributed by atoms with van der Waals surface area (Å²) in [5.74, 6) is 0.601. The molecule has 0 aliphatic carbocycles. The third-order valence-electron chi connectivity index (χ3n) is 2.47. The van der Waals surface area contributed by atoms with Crippen molar-refractivity contribution in [3.63, 3.8) is 0 Å². The molecule has 0 radical (unpaired) electrons. The molecule has 0 amide bonds. The van der Waals surface area contributed by atoms with E-state index < -0.39 is 4.92 Å². The van der Waals surface area contributed by atoms with Crippen molar-refractivity contribution >= 4 is 23.1 Å². The highest BCUT2D eigenvalue weighted by Crippen LogP contribution is 2.30. The van der Waals surface area contributed by atoms with Crippen molar-refractivity contribution in [2.45, 2.75) is 26.3 Å². The maximum atomic E-state index is 11.4. The molecule has 0 saturated heterocycles. The standard InChI is InChI=1S/C13H17N7O2/c1-13(2,3)19-18-12-10(20(21)22)11(15-8-16-12)17-9-6-4-5-7-14-9/h4-8,19H,1-3H3,(H2,14,15,16,17,18). The largest absolute Gasteiger partial charge is 0.354 e. The molecule has 0 aromatic carbocycles. The molecule has 2 heterocycles. The van der Waals surface area contributed by atoms with Crippen LogP contribution in [0.2, 0.25) is 0 Å². The van der Waals surface area contributed by atoms with Gasteiger partial charge in [-0.2, -0.15) is 0 Å². The average Bonchev–Trinajstić information content (AvgIpc) is 2.45. The molecule has 2 rings (SSSR count).